The van der Waals surface area contributed by atoms with Crippen molar-refractivity contribution in [3.63, 3.8) is 0 Å². The smallest absolute Gasteiger partial charge is 0.202 e. The molecule has 2 rings (SSSR count). The minimum Gasteiger partial charge on any atom is -0.369 e. The van der Waals surface area contributed by atoms with Crippen molar-refractivity contribution in [1.82, 2.24) is 19.3 Å². The van der Waals surface area contributed by atoms with Crippen molar-refractivity contribution in [2.24, 2.45) is 7.05 Å². The molecular formula is C12H21N5S. The van der Waals surface area contributed by atoms with E-state index in [-0.39, 0.29) is 0 Å². The summed E-state index contributed by atoms with van der Waals surface area (Å²) in [6, 6.07) is 0. The maximum absolute atomic E-state index is 6.04. The third-order valence-corrected chi connectivity index (χ3v) is 4.10. The molecule has 0 saturated heterocycles. The van der Waals surface area contributed by atoms with Gasteiger partial charge >= 0.3 is 0 Å². The highest BCUT2D eigenvalue weighted by Crippen LogP contribution is 2.23. The molecule has 6 heteroatoms. The third-order valence-electron chi connectivity index (χ3n) is 3.15. The summed E-state index contributed by atoms with van der Waals surface area (Å²) in [7, 11) is 1.96. The monoisotopic (exact) mass is 267 g/mol. The molecule has 5 nitrogen and oxygen atoms in total. The second kappa shape index (κ2) is 5.22. The molecule has 18 heavy (non-hydrogen) atoms. The number of nitrogens with zero attached hydrogens (tertiary/aromatic N) is 4. The van der Waals surface area contributed by atoms with Gasteiger partial charge in [-0.1, -0.05) is 20.3 Å². The van der Waals surface area contributed by atoms with E-state index in [1.807, 2.05) is 23.5 Å². The van der Waals surface area contributed by atoms with Crippen LogP contribution >= 0.6 is 11.8 Å². The molecule has 2 heterocycles. The second-order valence-corrected chi connectivity index (χ2v) is 5.90. The number of imidazole rings is 1. The first-order valence-electron chi connectivity index (χ1n) is 6.28. The molecule has 0 saturated carbocycles. The van der Waals surface area contributed by atoms with E-state index in [2.05, 4.69) is 34.8 Å². The summed E-state index contributed by atoms with van der Waals surface area (Å²) in [6.45, 7) is 5.21. The summed E-state index contributed by atoms with van der Waals surface area (Å²) < 4.78 is 3.97. The molecule has 0 spiro atoms. The molecule has 1 atom stereocenters. The van der Waals surface area contributed by atoms with Crippen LogP contribution in [0, 0.1) is 0 Å². The first-order valence-corrected chi connectivity index (χ1v) is 7.57. The Morgan fingerprint density at radius 3 is 2.78 bits per heavy atom. The second-order valence-electron chi connectivity index (χ2n) is 4.62. The number of aromatic nitrogens is 4. The molecule has 0 aliphatic rings. The largest absolute Gasteiger partial charge is 0.369 e. The normalized spacial score (nSPS) is 13.3. The van der Waals surface area contributed by atoms with Crippen LogP contribution in [-0.4, -0.2) is 30.8 Å². The Morgan fingerprint density at radius 1 is 1.44 bits per heavy atom. The molecule has 0 aliphatic carbocycles. The number of hydrogen-bond acceptors (Lipinski definition) is 4. The van der Waals surface area contributed by atoms with Crippen LogP contribution in [0.25, 0.3) is 11.2 Å². The van der Waals surface area contributed by atoms with E-state index in [0.717, 1.165) is 36.2 Å². The Morgan fingerprint density at radius 2 is 2.17 bits per heavy atom. The highest BCUT2D eigenvalue weighted by Gasteiger charge is 2.18. The van der Waals surface area contributed by atoms with Crippen molar-refractivity contribution < 1.29 is 0 Å². The first-order chi connectivity index (χ1) is 8.58. The Bertz CT molecular complexity index is 542. The number of fused-ring (bicyclic) bond motifs is 1. The lowest BCUT2D eigenvalue weighted by molar-refractivity contribution is 0.672. The Balaban J connectivity index is 2.49. The SMILES string of the molecule is CCCc1nn(C)c2c1nc(N)n2CC(C)SC. The van der Waals surface area contributed by atoms with E-state index in [0.29, 0.717) is 11.2 Å². The van der Waals surface area contributed by atoms with Crippen LogP contribution in [-0.2, 0) is 20.0 Å². The van der Waals surface area contributed by atoms with Gasteiger partial charge in [0, 0.05) is 18.8 Å². The fraction of sp³-hybridized carbons (Fsp3) is 0.667. The van der Waals surface area contributed by atoms with Crippen molar-refractivity contribution in [2.75, 3.05) is 12.0 Å². The van der Waals surface area contributed by atoms with E-state index in [1.165, 1.54) is 0 Å². The lowest BCUT2D eigenvalue weighted by atomic mass is 10.2. The fourth-order valence-electron chi connectivity index (χ4n) is 2.18. The lowest BCUT2D eigenvalue weighted by Crippen LogP contribution is -2.13. The van der Waals surface area contributed by atoms with Crippen molar-refractivity contribution in [2.45, 2.75) is 38.5 Å². The standard InChI is InChI=1S/C12H21N5S/c1-5-6-9-10-11(16(3)15-9)17(12(13)14-10)7-8(2)18-4/h8H,5-7H2,1-4H3,(H2,13,14). The van der Waals surface area contributed by atoms with E-state index >= 15 is 0 Å². The quantitative estimate of drug-likeness (QED) is 0.900. The third kappa shape index (κ3) is 2.21. The minimum atomic E-state index is 0.509. The van der Waals surface area contributed by atoms with Crippen LogP contribution in [0.3, 0.4) is 0 Å². The summed E-state index contributed by atoms with van der Waals surface area (Å²) in [4.78, 5) is 4.49. The van der Waals surface area contributed by atoms with Crippen LogP contribution in [0.15, 0.2) is 0 Å². The number of thioether (sulfide) groups is 1. The number of aryl methyl sites for hydroxylation is 2. The number of nitrogens with two attached hydrogens (primary N) is 1. The van der Waals surface area contributed by atoms with Gasteiger partial charge in [0.05, 0.1) is 5.69 Å². The molecule has 0 amide bonds. The van der Waals surface area contributed by atoms with Crippen molar-refractivity contribution in [3.05, 3.63) is 5.69 Å². The topological polar surface area (TPSA) is 61.7 Å². The highest BCUT2D eigenvalue weighted by atomic mass is 32.2. The molecule has 0 bridgehead atoms. The first kappa shape index (κ1) is 13.3. The Hall–Kier alpha value is -1.17. The summed E-state index contributed by atoms with van der Waals surface area (Å²) in [6.07, 6.45) is 4.13. The van der Waals surface area contributed by atoms with Gasteiger partial charge in [0.1, 0.15) is 5.52 Å². The Labute approximate surface area is 112 Å². The molecular weight excluding hydrogens is 246 g/mol. The van der Waals surface area contributed by atoms with Crippen LogP contribution in [0.2, 0.25) is 0 Å². The van der Waals surface area contributed by atoms with Gasteiger partial charge in [0.25, 0.3) is 0 Å². The van der Waals surface area contributed by atoms with E-state index in [9.17, 15) is 0 Å². The van der Waals surface area contributed by atoms with Gasteiger partial charge in [-0.25, -0.2) is 4.98 Å². The zero-order valence-corrected chi connectivity index (χ0v) is 12.3. The zero-order chi connectivity index (χ0) is 13.3. The van der Waals surface area contributed by atoms with Gasteiger partial charge in [-0.15, -0.1) is 0 Å². The van der Waals surface area contributed by atoms with Crippen LogP contribution < -0.4 is 5.73 Å². The van der Waals surface area contributed by atoms with Crippen LogP contribution in [0.4, 0.5) is 5.95 Å². The number of rotatable bonds is 5. The molecule has 0 aliphatic heterocycles. The number of hydrogen-bond donors (Lipinski definition) is 1. The maximum atomic E-state index is 6.04. The van der Waals surface area contributed by atoms with E-state index in [1.54, 1.807) is 0 Å². The summed E-state index contributed by atoms with van der Waals surface area (Å²) in [5, 5.41) is 5.05. The van der Waals surface area contributed by atoms with Gasteiger partial charge in [-0.2, -0.15) is 16.9 Å². The van der Waals surface area contributed by atoms with Crippen LogP contribution in [0.1, 0.15) is 26.0 Å². The molecule has 1 unspecified atom stereocenters. The van der Waals surface area contributed by atoms with Gasteiger partial charge in [-0.05, 0) is 12.7 Å². The van der Waals surface area contributed by atoms with Gasteiger partial charge in [-0.3, -0.25) is 9.25 Å². The molecule has 100 valence electrons. The van der Waals surface area contributed by atoms with Crippen molar-refractivity contribution in [3.8, 4) is 0 Å². The average molecular weight is 267 g/mol. The molecule has 0 fully saturated rings. The minimum absolute atomic E-state index is 0.509. The molecule has 2 aromatic heterocycles. The highest BCUT2D eigenvalue weighted by molar-refractivity contribution is 7.99. The zero-order valence-electron chi connectivity index (χ0n) is 11.5. The predicted octanol–water partition coefficient (Wildman–Crippen LogP) is 2.06. The van der Waals surface area contributed by atoms with Crippen molar-refractivity contribution in [1.29, 1.82) is 0 Å². The molecule has 2 aromatic rings. The Kier molecular flexibility index (Phi) is 3.85. The predicted molar refractivity (Wildman–Crippen MR) is 77.9 cm³/mol. The molecule has 0 aromatic carbocycles. The summed E-state index contributed by atoms with van der Waals surface area (Å²) in [5.41, 5.74) is 9.09. The maximum Gasteiger partial charge on any atom is 0.202 e. The van der Waals surface area contributed by atoms with Gasteiger partial charge < -0.3 is 5.73 Å². The van der Waals surface area contributed by atoms with Crippen molar-refractivity contribution >= 4 is 28.9 Å². The average Bonchev–Trinajstić information content (AvgIpc) is 2.80. The lowest BCUT2D eigenvalue weighted by Gasteiger charge is -2.11. The molecule has 2 N–H and O–H groups in total. The van der Waals surface area contributed by atoms with E-state index in [4.69, 9.17) is 5.73 Å². The number of nitrogen functional groups attached to an aromatic ring is 1. The molecule has 0 radical (unpaired) electrons. The van der Waals surface area contributed by atoms with Gasteiger partial charge in [0.2, 0.25) is 5.95 Å². The van der Waals surface area contributed by atoms with Crippen LogP contribution in [0.5, 0.6) is 0 Å². The summed E-state index contributed by atoms with van der Waals surface area (Å²) in [5.74, 6) is 0.594. The van der Waals surface area contributed by atoms with Gasteiger partial charge in [0.15, 0.2) is 5.65 Å². The van der Waals surface area contributed by atoms with E-state index < -0.39 is 0 Å². The summed E-state index contributed by atoms with van der Waals surface area (Å²) >= 11 is 1.83. The number of anilines is 1. The fourth-order valence-corrected chi connectivity index (χ4v) is 2.47.